The highest BCUT2D eigenvalue weighted by Gasteiger charge is 2.39. The number of esters is 1. The van der Waals surface area contributed by atoms with Gasteiger partial charge in [0.25, 0.3) is 0 Å². The Morgan fingerprint density at radius 2 is 1.11 bits per heavy atom. The van der Waals surface area contributed by atoms with Crippen LogP contribution in [0.1, 0.15) is 109 Å². The van der Waals surface area contributed by atoms with E-state index in [4.69, 9.17) is 16.2 Å². The number of nitrogens with one attached hydrogen (secondary N) is 12. The van der Waals surface area contributed by atoms with Crippen LogP contribution >= 0.6 is 0 Å². The Morgan fingerprint density at radius 1 is 0.606 bits per heavy atom. The molecular formula is C68H96N14O22. The van der Waals surface area contributed by atoms with E-state index in [1.165, 1.54) is 79.7 Å². The van der Waals surface area contributed by atoms with Crippen LogP contribution in [0.2, 0.25) is 0 Å². The average molecular weight is 1460 g/mol. The normalized spacial score (nSPS) is 24.4. The van der Waals surface area contributed by atoms with E-state index in [1.54, 1.807) is 6.92 Å². The topological polar surface area (TPSA) is 586 Å². The van der Waals surface area contributed by atoms with Gasteiger partial charge in [-0.3, -0.25) is 62.3 Å². The quantitative estimate of drug-likeness (QED) is 0.0352. The maximum absolute atomic E-state index is 14.8. The Bertz CT molecular complexity index is 3470. The molecule has 3 aromatic rings. The number of amides is 12. The molecule has 0 radical (unpaired) electrons. The van der Waals surface area contributed by atoms with E-state index < -0.39 is 225 Å². The third-order valence-corrected chi connectivity index (χ3v) is 17.3. The van der Waals surface area contributed by atoms with Crippen LogP contribution < -0.4 is 75.3 Å². The average Bonchev–Trinajstić information content (AvgIpc) is 0.873. The molecule has 5 rings (SSSR count). The van der Waals surface area contributed by atoms with E-state index in [9.17, 15) is 103 Å². The molecule has 15 atom stereocenters. The van der Waals surface area contributed by atoms with Crippen LogP contribution in [-0.2, 0) is 91.1 Å². The lowest BCUT2D eigenvalue weighted by Gasteiger charge is -2.29. The molecule has 0 aromatic heterocycles. The van der Waals surface area contributed by atoms with Gasteiger partial charge < -0.3 is 116 Å². The molecule has 2 aliphatic heterocycles. The van der Waals surface area contributed by atoms with Gasteiger partial charge in [0.1, 0.15) is 90.3 Å². The summed E-state index contributed by atoms with van der Waals surface area (Å²) in [4.78, 5) is 196. The number of benzene rings is 3. The molecule has 570 valence electrons. The lowest BCUT2D eigenvalue weighted by Crippen LogP contribution is -2.62. The van der Waals surface area contributed by atoms with E-state index in [2.05, 4.69) is 63.8 Å². The fourth-order valence-electron chi connectivity index (χ4n) is 11.0. The van der Waals surface area contributed by atoms with Crippen molar-refractivity contribution in [3.8, 4) is 17.2 Å². The van der Waals surface area contributed by atoms with E-state index >= 15 is 0 Å². The molecule has 0 aliphatic carbocycles. The predicted octanol–water partition coefficient (Wildman–Crippen LogP) is -5.47. The summed E-state index contributed by atoms with van der Waals surface area (Å²) in [6, 6.07) is -4.10. The monoisotopic (exact) mass is 1460 g/mol. The summed E-state index contributed by atoms with van der Waals surface area (Å²) in [6.07, 6.45) is -7.10. The molecule has 0 saturated carbocycles. The van der Waals surface area contributed by atoms with Crippen molar-refractivity contribution in [1.29, 1.82) is 0 Å². The van der Waals surface area contributed by atoms with E-state index in [0.29, 0.717) is 36.1 Å². The van der Waals surface area contributed by atoms with Crippen LogP contribution in [0.15, 0.2) is 72.8 Å². The van der Waals surface area contributed by atoms with Crippen LogP contribution in [0.25, 0.3) is 0 Å². The number of aromatic hydroxyl groups is 3. The summed E-state index contributed by atoms with van der Waals surface area (Å²) in [5, 5.41) is 103. The minimum absolute atomic E-state index is 0.0447. The fraction of sp³-hybridized carbons (Fsp3) is 0.529. The zero-order valence-corrected chi connectivity index (χ0v) is 58.0. The molecule has 104 heavy (non-hydrogen) atoms. The summed E-state index contributed by atoms with van der Waals surface area (Å²) in [5.41, 5.74) is 12.2. The third kappa shape index (κ3) is 27.3. The molecule has 2 heterocycles. The first kappa shape index (κ1) is 84.1. The van der Waals surface area contributed by atoms with Crippen molar-refractivity contribution in [2.45, 2.75) is 196 Å². The number of aliphatic carboxylic acids is 1. The van der Waals surface area contributed by atoms with Crippen molar-refractivity contribution < 1.29 is 108 Å². The van der Waals surface area contributed by atoms with Gasteiger partial charge in [0, 0.05) is 38.5 Å². The second-order valence-corrected chi connectivity index (χ2v) is 25.6. The third-order valence-electron chi connectivity index (χ3n) is 17.3. The number of rotatable bonds is 25. The first-order valence-corrected chi connectivity index (χ1v) is 34.0. The highest BCUT2D eigenvalue weighted by Crippen LogP contribution is 2.19. The van der Waals surface area contributed by atoms with Crippen LogP contribution in [0.3, 0.4) is 0 Å². The van der Waals surface area contributed by atoms with Gasteiger partial charge in [-0.05, 0) is 124 Å². The Morgan fingerprint density at radius 3 is 1.63 bits per heavy atom. The minimum Gasteiger partial charge on any atom is -0.508 e. The van der Waals surface area contributed by atoms with Gasteiger partial charge in [0.2, 0.25) is 70.9 Å². The molecule has 36 heteroatoms. The number of carboxylic acids is 1. The first-order valence-electron chi connectivity index (χ1n) is 34.0. The molecule has 2 fully saturated rings. The molecule has 2 saturated heterocycles. The highest BCUT2D eigenvalue weighted by atomic mass is 16.5. The van der Waals surface area contributed by atoms with Crippen LogP contribution in [0.5, 0.6) is 17.2 Å². The number of hydrogen-bond donors (Lipinski definition) is 21. The zero-order chi connectivity index (χ0) is 76.9. The molecule has 14 unspecified atom stereocenters. The Balaban J connectivity index is 1.61. The number of aliphatic hydroxyl groups is 3. The lowest BCUT2D eigenvalue weighted by molar-refractivity contribution is -0.153. The fourth-order valence-corrected chi connectivity index (χ4v) is 11.0. The number of primary amides is 1. The van der Waals surface area contributed by atoms with Gasteiger partial charge in [0.15, 0.2) is 0 Å². The molecule has 2 aliphatic rings. The summed E-state index contributed by atoms with van der Waals surface area (Å²) in [6.45, 7) is 3.65. The molecule has 36 nitrogen and oxygen atoms in total. The van der Waals surface area contributed by atoms with Gasteiger partial charge in [-0.15, -0.1) is 0 Å². The van der Waals surface area contributed by atoms with Crippen LogP contribution in [0, 0.1) is 5.92 Å². The molecule has 0 bridgehead atoms. The van der Waals surface area contributed by atoms with E-state index in [1.807, 2.05) is 0 Å². The number of phenolic OH excluding ortho intramolecular Hbond substituents is 3. The smallest absolute Gasteiger partial charge is 0.329 e. The van der Waals surface area contributed by atoms with Crippen molar-refractivity contribution in [3.05, 3.63) is 89.5 Å². The second-order valence-electron chi connectivity index (χ2n) is 25.6. The van der Waals surface area contributed by atoms with Crippen molar-refractivity contribution in [2.75, 3.05) is 26.3 Å². The van der Waals surface area contributed by atoms with E-state index in [-0.39, 0.29) is 55.9 Å². The molecule has 3 aromatic carbocycles. The molecule has 0 spiro atoms. The SMILES string of the molecule is CCC(C)C1NC(=O)C(Cc2ccc(O)cc2)NC(=O)C(CO)NC(=O)C(CCCN)NC(=O)C(Cc2ccc(O)cc2)NC(=O)C(C(C)O)NC(=O)C(CCC(=O)O)NC(=O)C(C)NC(=O)C(NC(=O)C(Cc2ccc(O)cc2)NC(=O)C(CCC(N)=O)NC(=O)[C@@H]2CCCN2)CC(O)COC1=O. The Kier molecular flexibility index (Phi) is 33.6. The highest BCUT2D eigenvalue weighted by molar-refractivity contribution is 6.00. The number of carbonyl (C=O) groups excluding carboxylic acids is 13. The molecule has 12 amide bonds. The molecule has 23 N–H and O–H groups in total. The summed E-state index contributed by atoms with van der Waals surface area (Å²) < 4.78 is 5.57. The summed E-state index contributed by atoms with van der Waals surface area (Å²) >= 11 is 0. The summed E-state index contributed by atoms with van der Waals surface area (Å²) in [7, 11) is 0. The largest absolute Gasteiger partial charge is 0.508 e. The number of cyclic esters (lactones) is 1. The second kappa shape index (κ2) is 41.5. The standard InChI is InChI=1S/C68H96N14O22/c1-5-34(2)55-68(103)104-33-43(88)31-51(78-64(99)48(28-37-10-16-40(85)17-11-37)76-60(95)46(22-24-53(70)89)75-58(93)44-9-7-27-71-44)62(97)72-35(3)57(92)73-47(23-25-54(90)91)61(96)82-56(36(4)84)67(102)79-49(29-38-12-18-41(86)19-13-38)63(98)74-45(8-6-26-69)59(94)80-52(32-83)66(101)77-50(65(100)81-55)30-39-14-20-42(87)21-15-39/h10-21,34-36,43-52,55-56,71,83-88H,5-9,22-33,69H2,1-4H3,(H2,70,89)(H,72,97)(H,73,92)(H,74,98)(H,75,93)(H,76,95)(H,77,101)(H,78,99)(H,79,102)(H,80,94)(H,81,100)(H,82,96)(H,90,91)/t34?,35?,36?,43?,44-,45?,46?,47?,48?,49?,50?,51?,52?,55?,56?/m0/s1. The van der Waals surface area contributed by atoms with E-state index in [0.717, 1.165) is 13.8 Å². The number of nitrogens with two attached hydrogens (primary N) is 2. The first-order chi connectivity index (χ1) is 49.3. The van der Waals surface area contributed by atoms with Crippen molar-refractivity contribution in [2.24, 2.45) is 17.4 Å². The number of phenols is 3. The maximum atomic E-state index is 14.8. The predicted molar refractivity (Wildman–Crippen MR) is 367 cm³/mol. The molecular weight excluding hydrogens is 1360 g/mol. The number of hydrogen-bond acceptors (Lipinski definition) is 23. The van der Waals surface area contributed by atoms with Gasteiger partial charge in [-0.25, -0.2) is 4.79 Å². The van der Waals surface area contributed by atoms with Crippen molar-refractivity contribution >= 4 is 82.8 Å². The van der Waals surface area contributed by atoms with Gasteiger partial charge >= 0.3 is 11.9 Å². The minimum atomic E-state index is -2.02. The summed E-state index contributed by atoms with van der Waals surface area (Å²) in [5.74, 6) is -17.1. The Labute approximate surface area is 598 Å². The zero-order valence-electron chi connectivity index (χ0n) is 58.0. The Hall–Kier alpha value is -10.6. The van der Waals surface area contributed by atoms with Gasteiger partial charge in [-0.2, -0.15) is 0 Å². The van der Waals surface area contributed by atoms with Crippen LogP contribution in [-0.4, -0.2) is 230 Å². The number of carboxylic acid groups (broad SMARTS) is 1. The van der Waals surface area contributed by atoms with Crippen molar-refractivity contribution in [3.63, 3.8) is 0 Å². The van der Waals surface area contributed by atoms with Crippen molar-refractivity contribution in [1.82, 2.24) is 63.8 Å². The van der Waals surface area contributed by atoms with Crippen LogP contribution in [0.4, 0.5) is 0 Å². The van der Waals surface area contributed by atoms with Gasteiger partial charge in [0.05, 0.1) is 24.9 Å². The van der Waals surface area contributed by atoms with Gasteiger partial charge in [-0.1, -0.05) is 56.7 Å². The maximum Gasteiger partial charge on any atom is 0.329 e. The lowest BCUT2D eigenvalue weighted by atomic mass is 9.97. The number of aliphatic hydroxyl groups excluding tert-OH is 3. The number of carbonyl (C=O) groups is 14. The number of ether oxygens (including phenoxy) is 1.